The van der Waals surface area contributed by atoms with E-state index in [0.29, 0.717) is 17.3 Å². The lowest BCUT2D eigenvalue weighted by Gasteiger charge is -2.09. The van der Waals surface area contributed by atoms with Crippen LogP contribution in [-0.2, 0) is 0 Å². The third-order valence-electron chi connectivity index (χ3n) is 3.73. The van der Waals surface area contributed by atoms with Crippen molar-refractivity contribution in [3.8, 4) is 23.0 Å². The predicted molar refractivity (Wildman–Crippen MR) is 88.6 cm³/mol. The van der Waals surface area contributed by atoms with E-state index in [4.69, 9.17) is 4.74 Å². The van der Waals surface area contributed by atoms with Crippen LogP contribution >= 0.6 is 0 Å². The van der Waals surface area contributed by atoms with Crippen molar-refractivity contribution in [2.45, 2.75) is 0 Å². The van der Waals surface area contributed by atoms with Gasteiger partial charge in [0.05, 0.1) is 30.7 Å². The Morgan fingerprint density at radius 2 is 2.00 bits per heavy atom. The van der Waals surface area contributed by atoms with Gasteiger partial charge in [-0.25, -0.2) is 14.4 Å². The summed E-state index contributed by atoms with van der Waals surface area (Å²) in [4.78, 5) is 13.0. The Bertz CT molecular complexity index is 1010. The van der Waals surface area contributed by atoms with Crippen molar-refractivity contribution in [2.24, 2.45) is 0 Å². The van der Waals surface area contributed by atoms with Crippen LogP contribution in [0.4, 0.5) is 4.39 Å². The molecule has 0 spiro atoms. The minimum absolute atomic E-state index is 0.308. The molecule has 0 fully saturated rings. The van der Waals surface area contributed by atoms with E-state index in [1.807, 2.05) is 22.8 Å². The Morgan fingerprint density at radius 1 is 1.08 bits per heavy atom. The maximum atomic E-state index is 13.7. The summed E-state index contributed by atoms with van der Waals surface area (Å²) in [5.41, 5.74) is 3.09. The van der Waals surface area contributed by atoms with Gasteiger partial charge in [-0.1, -0.05) is 12.1 Å². The Kier molecular flexibility index (Phi) is 3.42. The quantitative estimate of drug-likeness (QED) is 0.578. The second-order valence-electron chi connectivity index (χ2n) is 5.20. The van der Waals surface area contributed by atoms with Gasteiger partial charge in [0.1, 0.15) is 17.2 Å². The topological polar surface area (TPSA) is 52.8 Å². The van der Waals surface area contributed by atoms with E-state index in [-0.39, 0.29) is 5.82 Å². The number of ether oxygens (including phenoxy) is 1. The zero-order valence-corrected chi connectivity index (χ0v) is 12.8. The van der Waals surface area contributed by atoms with Gasteiger partial charge >= 0.3 is 0 Å². The molecule has 0 aliphatic heterocycles. The summed E-state index contributed by atoms with van der Waals surface area (Å²) < 4.78 is 20.7. The SMILES string of the molecule is COc1ccc(-n2c(-c3cccc(F)c3)nc3cnccc32)cn1. The summed E-state index contributed by atoms with van der Waals surface area (Å²) in [6, 6.07) is 11.9. The first-order valence-corrected chi connectivity index (χ1v) is 7.35. The second kappa shape index (κ2) is 5.73. The maximum absolute atomic E-state index is 13.7. The number of nitrogens with zero attached hydrogens (tertiary/aromatic N) is 4. The van der Waals surface area contributed by atoms with Crippen molar-refractivity contribution >= 4 is 11.0 Å². The van der Waals surface area contributed by atoms with Crippen LogP contribution in [0.1, 0.15) is 0 Å². The first-order chi connectivity index (χ1) is 11.8. The lowest BCUT2D eigenvalue weighted by atomic mass is 10.2. The van der Waals surface area contributed by atoms with Crippen molar-refractivity contribution in [3.63, 3.8) is 0 Å². The van der Waals surface area contributed by atoms with Crippen LogP contribution in [0.25, 0.3) is 28.1 Å². The predicted octanol–water partition coefficient (Wildman–Crippen LogP) is 3.63. The molecule has 5 nitrogen and oxygen atoms in total. The molecule has 4 aromatic rings. The zero-order valence-electron chi connectivity index (χ0n) is 12.8. The number of rotatable bonds is 3. The molecular formula is C18H13FN4O. The highest BCUT2D eigenvalue weighted by atomic mass is 19.1. The average Bonchev–Trinajstić information content (AvgIpc) is 3.01. The number of pyridine rings is 2. The Labute approximate surface area is 137 Å². The van der Waals surface area contributed by atoms with Gasteiger partial charge in [-0.3, -0.25) is 9.55 Å². The molecule has 0 N–H and O–H groups in total. The molecule has 4 rings (SSSR count). The monoisotopic (exact) mass is 320 g/mol. The van der Waals surface area contributed by atoms with Gasteiger partial charge in [-0.2, -0.15) is 0 Å². The lowest BCUT2D eigenvalue weighted by Crippen LogP contribution is -1.99. The van der Waals surface area contributed by atoms with Gasteiger partial charge in [0.15, 0.2) is 0 Å². The van der Waals surface area contributed by atoms with Gasteiger partial charge in [0.25, 0.3) is 0 Å². The number of methoxy groups -OCH3 is 1. The highest BCUT2D eigenvalue weighted by molar-refractivity contribution is 5.82. The Balaban J connectivity index is 1.99. The molecule has 1 aromatic carbocycles. The minimum Gasteiger partial charge on any atom is -0.481 e. The third kappa shape index (κ3) is 2.38. The molecule has 0 saturated heterocycles. The molecule has 0 atom stereocenters. The number of benzene rings is 1. The van der Waals surface area contributed by atoms with Crippen LogP contribution in [-0.4, -0.2) is 26.6 Å². The van der Waals surface area contributed by atoms with E-state index >= 15 is 0 Å². The van der Waals surface area contributed by atoms with Gasteiger partial charge < -0.3 is 4.74 Å². The van der Waals surface area contributed by atoms with Gasteiger partial charge in [0.2, 0.25) is 5.88 Å². The summed E-state index contributed by atoms with van der Waals surface area (Å²) in [5, 5.41) is 0. The molecule has 24 heavy (non-hydrogen) atoms. The summed E-state index contributed by atoms with van der Waals surface area (Å²) in [5.74, 6) is 0.846. The smallest absolute Gasteiger partial charge is 0.213 e. The van der Waals surface area contributed by atoms with Crippen molar-refractivity contribution in [2.75, 3.05) is 7.11 Å². The van der Waals surface area contributed by atoms with Crippen LogP contribution in [0.2, 0.25) is 0 Å². The van der Waals surface area contributed by atoms with E-state index in [1.165, 1.54) is 12.1 Å². The van der Waals surface area contributed by atoms with Gasteiger partial charge in [0, 0.05) is 17.8 Å². The number of aromatic nitrogens is 4. The number of halogens is 1. The molecule has 0 aliphatic rings. The summed E-state index contributed by atoms with van der Waals surface area (Å²) in [6.07, 6.45) is 5.08. The van der Waals surface area contributed by atoms with Crippen LogP contribution in [0.3, 0.4) is 0 Å². The largest absolute Gasteiger partial charge is 0.481 e. The van der Waals surface area contributed by atoms with E-state index in [9.17, 15) is 4.39 Å². The van der Waals surface area contributed by atoms with Crippen molar-refractivity contribution in [3.05, 3.63) is 66.9 Å². The molecule has 0 bridgehead atoms. The van der Waals surface area contributed by atoms with Gasteiger partial charge in [-0.05, 0) is 24.3 Å². The van der Waals surface area contributed by atoms with Crippen LogP contribution < -0.4 is 4.74 Å². The minimum atomic E-state index is -0.308. The standard InChI is InChI=1S/C18H13FN4O/c1-24-17-6-5-14(10-21-17)23-16-7-8-20-11-15(16)22-18(23)12-3-2-4-13(19)9-12/h2-11H,1H3. The molecule has 0 aliphatic carbocycles. The molecule has 3 heterocycles. The fourth-order valence-corrected chi connectivity index (χ4v) is 2.64. The molecule has 3 aromatic heterocycles. The van der Waals surface area contributed by atoms with E-state index in [0.717, 1.165) is 16.7 Å². The van der Waals surface area contributed by atoms with Crippen molar-refractivity contribution in [1.82, 2.24) is 19.5 Å². The normalized spacial score (nSPS) is 10.9. The maximum Gasteiger partial charge on any atom is 0.213 e. The Hall–Kier alpha value is -3.28. The number of hydrogen-bond acceptors (Lipinski definition) is 4. The molecule has 6 heteroatoms. The molecule has 0 saturated carbocycles. The lowest BCUT2D eigenvalue weighted by molar-refractivity contribution is 0.398. The molecular weight excluding hydrogens is 307 g/mol. The molecule has 118 valence electrons. The highest BCUT2D eigenvalue weighted by Gasteiger charge is 2.15. The number of fused-ring (bicyclic) bond motifs is 1. The fourth-order valence-electron chi connectivity index (χ4n) is 2.64. The van der Waals surface area contributed by atoms with Crippen LogP contribution in [0, 0.1) is 5.82 Å². The van der Waals surface area contributed by atoms with E-state index in [1.54, 1.807) is 37.8 Å². The third-order valence-corrected chi connectivity index (χ3v) is 3.73. The number of hydrogen-bond donors (Lipinski definition) is 0. The first-order valence-electron chi connectivity index (χ1n) is 7.35. The molecule has 0 radical (unpaired) electrons. The van der Waals surface area contributed by atoms with Crippen LogP contribution in [0.5, 0.6) is 5.88 Å². The fraction of sp³-hybridized carbons (Fsp3) is 0.0556. The zero-order chi connectivity index (χ0) is 16.5. The highest BCUT2D eigenvalue weighted by Crippen LogP contribution is 2.28. The van der Waals surface area contributed by atoms with Crippen molar-refractivity contribution in [1.29, 1.82) is 0 Å². The summed E-state index contributed by atoms with van der Waals surface area (Å²) in [6.45, 7) is 0. The van der Waals surface area contributed by atoms with Crippen LogP contribution in [0.15, 0.2) is 61.1 Å². The molecule has 0 amide bonds. The van der Waals surface area contributed by atoms with Gasteiger partial charge in [-0.15, -0.1) is 0 Å². The summed E-state index contributed by atoms with van der Waals surface area (Å²) >= 11 is 0. The van der Waals surface area contributed by atoms with E-state index < -0.39 is 0 Å². The number of imidazole rings is 1. The van der Waals surface area contributed by atoms with Crippen molar-refractivity contribution < 1.29 is 9.13 Å². The molecule has 0 unspecified atom stereocenters. The Morgan fingerprint density at radius 3 is 2.75 bits per heavy atom. The second-order valence-corrected chi connectivity index (χ2v) is 5.20. The first kappa shape index (κ1) is 14.3. The van der Waals surface area contributed by atoms with E-state index in [2.05, 4.69) is 15.0 Å². The summed E-state index contributed by atoms with van der Waals surface area (Å²) in [7, 11) is 1.57. The average molecular weight is 320 g/mol.